The minimum absolute atomic E-state index is 0.0313. The van der Waals surface area contributed by atoms with Crippen LogP contribution < -0.4 is 15.4 Å². The summed E-state index contributed by atoms with van der Waals surface area (Å²) in [7, 11) is 1.27. The monoisotopic (exact) mass is 633 g/mol. The Kier molecular flexibility index (Phi) is 8.87. The van der Waals surface area contributed by atoms with Crippen molar-refractivity contribution in [1.29, 1.82) is 0 Å². The molecule has 0 radical (unpaired) electrons. The number of amides is 2. The zero-order valence-electron chi connectivity index (χ0n) is 26.0. The van der Waals surface area contributed by atoms with Gasteiger partial charge in [-0.25, -0.2) is 14.4 Å². The quantitative estimate of drug-likeness (QED) is 0.281. The predicted octanol–water partition coefficient (Wildman–Crippen LogP) is 3.77. The van der Waals surface area contributed by atoms with E-state index >= 15 is 0 Å². The number of anilines is 2. The molecule has 0 unspecified atom stereocenters. The van der Waals surface area contributed by atoms with E-state index in [-0.39, 0.29) is 35.1 Å². The van der Waals surface area contributed by atoms with Crippen LogP contribution in [0.1, 0.15) is 35.7 Å². The second-order valence-electron chi connectivity index (χ2n) is 11.9. The van der Waals surface area contributed by atoms with Gasteiger partial charge in [-0.1, -0.05) is 0 Å². The summed E-state index contributed by atoms with van der Waals surface area (Å²) in [5, 5.41) is 16.4. The van der Waals surface area contributed by atoms with Crippen molar-refractivity contribution >= 4 is 29.0 Å². The van der Waals surface area contributed by atoms with Crippen molar-refractivity contribution in [2.45, 2.75) is 38.8 Å². The first kappa shape index (κ1) is 31.4. The Hall–Kier alpha value is -4.62. The topological polar surface area (TPSA) is 124 Å². The maximum absolute atomic E-state index is 14.9. The van der Waals surface area contributed by atoms with Crippen molar-refractivity contribution in [2.75, 3.05) is 45.2 Å². The molecule has 6 rings (SSSR count). The SMILES string of the molecule is COc1ccc(-c2cnc3c(Nc4ccc(C(=O)N5CCC(C(=O)N6CCN[C@@H]([C@@H](C)O)C6)CC5)c(C)c4)nccn23)c(F)c1F. The molecule has 0 spiro atoms. The van der Waals surface area contributed by atoms with Crippen LogP contribution in [0.3, 0.4) is 0 Å². The molecule has 3 N–H and O–H groups in total. The molecule has 13 heteroatoms. The van der Waals surface area contributed by atoms with E-state index in [9.17, 15) is 23.5 Å². The number of aliphatic hydroxyl groups is 1. The minimum atomic E-state index is -1.08. The van der Waals surface area contributed by atoms with Crippen molar-refractivity contribution in [1.82, 2.24) is 29.5 Å². The summed E-state index contributed by atoms with van der Waals surface area (Å²) < 4.78 is 35.8. The molecule has 11 nitrogen and oxygen atoms in total. The molecule has 2 aliphatic rings. The van der Waals surface area contributed by atoms with E-state index < -0.39 is 17.7 Å². The molecule has 0 saturated carbocycles. The zero-order chi connectivity index (χ0) is 32.5. The number of piperazine rings is 1. The largest absolute Gasteiger partial charge is 0.494 e. The van der Waals surface area contributed by atoms with Crippen molar-refractivity contribution in [3.8, 4) is 17.0 Å². The molecule has 2 saturated heterocycles. The van der Waals surface area contributed by atoms with Gasteiger partial charge in [-0.3, -0.25) is 14.0 Å². The number of nitrogens with zero attached hydrogens (tertiary/aromatic N) is 5. The maximum atomic E-state index is 14.9. The number of aliphatic hydroxyl groups excluding tert-OH is 1. The molecule has 2 aliphatic heterocycles. The number of imidazole rings is 1. The van der Waals surface area contributed by atoms with E-state index in [1.165, 1.54) is 31.6 Å². The predicted molar refractivity (Wildman–Crippen MR) is 168 cm³/mol. The van der Waals surface area contributed by atoms with Crippen LogP contribution >= 0.6 is 0 Å². The summed E-state index contributed by atoms with van der Waals surface area (Å²) in [6.07, 6.45) is 5.26. The normalized spacial score (nSPS) is 18.1. The van der Waals surface area contributed by atoms with Crippen molar-refractivity contribution in [3.63, 3.8) is 0 Å². The maximum Gasteiger partial charge on any atom is 0.254 e. The smallest absolute Gasteiger partial charge is 0.254 e. The first-order valence-electron chi connectivity index (χ1n) is 15.4. The number of piperidine rings is 1. The van der Waals surface area contributed by atoms with E-state index in [4.69, 9.17) is 4.74 Å². The fraction of sp³-hybridized carbons (Fsp3) is 0.394. The van der Waals surface area contributed by atoms with Crippen LogP contribution in [0.25, 0.3) is 16.9 Å². The number of fused-ring (bicyclic) bond motifs is 1. The third-order valence-corrected chi connectivity index (χ3v) is 8.92. The van der Waals surface area contributed by atoms with Crippen LogP contribution in [0.2, 0.25) is 0 Å². The number of hydrogen-bond donors (Lipinski definition) is 3. The Balaban J connectivity index is 1.12. The van der Waals surface area contributed by atoms with Crippen LogP contribution in [0, 0.1) is 24.5 Å². The van der Waals surface area contributed by atoms with Gasteiger partial charge in [0.05, 0.1) is 31.1 Å². The van der Waals surface area contributed by atoms with Crippen LogP contribution in [0.4, 0.5) is 20.3 Å². The van der Waals surface area contributed by atoms with Crippen LogP contribution in [0.5, 0.6) is 5.75 Å². The van der Waals surface area contributed by atoms with Gasteiger partial charge >= 0.3 is 0 Å². The number of aryl methyl sites for hydroxylation is 1. The second kappa shape index (κ2) is 13.0. The van der Waals surface area contributed by atoms with Crippen molar-refractivity contribution < 1.29 is 28.2 Å². The van der Waals surface area contributed by atoms with Gasteiger partial charge in [-0.2, -0.15) is 4.39 Å². The first-order chi connectivity index (χ1) is 22.2. The highest BCUT2D eigenvalue weighted by Crippen LogP contribution is 2.32. The number of nitrogens with one attached hydrogen (secondary N) is 2. The summed E-state index contributed by atoms with van der Waals surface area (Å²) in [6, 6.07) is 8.07. The molecule has 2 aromatic heterocycles. The number of likely N-dealkylation sites (tertiary alicyclic amines) is 1. The van der Waals surface area contributed by atoms with Crippen LogP contribution in [-0.2, 0) is 4.79 Å². The summed E-state index contributed by atoms with van der Waals surface area (Å²) in [5.74, 6) is -2.02. The lowest BCUT2D eigenvalue weighted by atomic mass is 9.93. The molecular formula is C33H37F2N7O4. The van der Waals surface area contributed by atoms with Gasteiger partial charge in [-0.05, 0) is 62.6 Å². The highest BCUT2D eigenvalue weighted by Gasteiger charge is 2.33. The minimum Gasteiger partial charge on any atom is -0.494 e. The molecule has 2 atom stereocenters. The van der Waals surface area contributed by atoms with Crippen molar-refractivity contribution in [2.24, 2.45) is 5.92 Å². The lowest BCUT2D eigenvalue weighted by Crippen LogP contribution is -2.58. The zero-order valence-corrected chi connectivity index (χ0v) is 26.0. The summed E-state index contributed by atoms with van der Waals surface area (Å²) >= 11 is 0. The molecule has 0 bridgehead atoms. The number of ether oxygens (including phenoxy) is 1. The van der Waals surface area contributed by atoms with Gasteiger partial charge in [0.15, 0.2) is 23.0 Å². The summed E-state index contributed by atoms with van der Waals surface area (Å²) in [6.45, 7) is 6.34. The van der Waals surface area contributed by atoms with E-state index in [0.29, 0.717) is 74.0 Å². The third-order valence-electron chi connectivity index (χ3n) is 8.92. The number of rotatable bonds is 7. The molecule has 4 aromatic rings. The second-order valence-corrected chi connectivity index (χ2v) is 11.9. The fourth-order valence-electron chi connectivity index (χ4n) is 6.27. The standard InChI is InChI=1S/C33H37F2N7O4/c1-19-16-22(39-30-31-38-17-26(42(31)15-11-37-30)24-6-7-27(46-3)29(35)28(24)34)4-5-23(19)33(45)40-12-8-21(9-13-40)32(44)41-14-10-36-25(18-41)20(2)43/h4-7,11,15-17,20-21,25,36,43H,8-10,12-14,18H2,1-3H3,(H,37,39)/t20-,25-/m1/s1. The first-order valence-corrected chi connectivity index (χ1v) is 15.4. The lowest BCUT2D eigenvalue weighted by molar-refractivity contribution is -0.138. The molecular weight excluding hydrogens is 596 g/mol. The Labute approximate surface area is 265 Å². The highest BCUT2D eigenvalue weighted by atomic mass is 19.2. The Morgan fingerprint density at radius 1 is 1.09 bits per heavy atom. The third kappa shape index (κ3) is 5.99. The molecule has 2 amide bonds. The molecule has 242 valence electrons. The number of halogens is 2. The van der Waals surface area contributed by atoms with Gasteiger partial charge in [0.2, 0.25) is 11.7 Å². The summed E-state index contributed by atoms with van der Waals surface area (Å²) in [5.41, 5.74) is 2.80. The van der Waals surface area contributed by atoms with Gasteiger partial charge < -0.3 is 30.3 Å². The number of aromatic nitrogens is 3. The Bertz CT molecular complexity index is 1770. The van der Waals surface area contributed by atoms with Crippen molar-refractivity contribution in [3.05, 3.63) is 71.7 Å². The molecule has 0 aliphatic carbocycles. The van der Waals surface area contributed by atoms with Crippen LogP contribution in [-0.4, -0.2) is 93.1 Å². The van der Waals surface area contributed by atoms with Gasteiger partial charge in [-0.15, -0.1) is 0 Å². The molecule has 2 fully saturated rings. The number of methoxy groups -OCH3 is 1. The highest BCUT2D eigenvalue weighted by molar-refractivity contribution is 5.96. The number of hydrogen-bond acceptors (Lipinski definition) is 8. The number of benzene rings is 2. The Morgan fingerprint density at radius 3 is 2.59 bits per heavy atom. The molecule has 4 heterocycles. The molecule has 46 heavy (non-hydrogen) atoms. The van der Waals surface area contributed by atoms with E-state index in [2.05, 4.69) is 20.6 Å². The summed E-state index contributed by atoms with van der Waals surface area (Å²) in [4.78, 5) is 39.1. The molecule has 2 aromatic carbocycles. The Morgan fingerprint density at radius 2 is 1.87 bits per heavy atom. The number of carbonyl (C=O) groups excluding carboxylic acids is 2. The van der Waals surface area contributed by atoms with Gasteiger partial charge in [0.1, 0.15) is 0 Å². The van der Waals surface area contributed by atoms with Crippen LogP contribution in [0.15, 0.2) is 48.9 Å². The van der Waals surface area contributed by atoms with E-state index in [0.717, 1.165) is 5.56 Å². The number of carbonyl (C=O) groups is 2. The fourth-order valence-corrected chi connectivity index (χ4v) is 6.27. The average Bonchev–Trinajstić information content (AvgIpc) is 3.50. The van der Waals surface area contributed by atoms with E-state index in [1.54, 1.807) is 34.6 Å². The van der Waals surface area contributed by atoms with Gasteiger partial charge in [0.25, 0.3) is 5.91 Å². The van der Waals surface area contributed by atoms with Gasteiger partial charge in [0, 0.05) is 67.8 Å². The van der Waals surface area contributed by atoms with E-state index in [1.807, 2.05) is 17.9 Å². The average molecular weight is 634 g/mol. The lowest BCUT2D eigenvalue weighted by Gasteiger charge is -2.39.